The van der Waals surface area contributed by atoms with Gasteiger partial charge in [-0.1, -0.05) is 0 Å². The molecule has 88 valence electrons. The highest BCUT2D eigenvalue weighted by Gasteiger charge is 2.24. The van der Waals surface area contributed by atoms with Gasteiger partial charge in [-0.2, -0.15) is 4.39 Å². The van der Waals surface area contributed by atoms with Crippen LogP contribution < -0.4 is 9.88 Å². The molecule has 0 heterocycles. The van der Waals surface area contributed by atoms with Crippen molar-refractivity contribution in [3.8, 4) is 5.75 Å². The van der Waals surface area contributed by atoms with E-state index in [1.807, 2.05) is 0 Å². The third-order valence-corrected chi connectivity index (χ3v) is 2.67. The number of sulfonamides is 1. The highest BCUT2D eigenvalue weighted by molar-refractivity contribution is 7.89. The molecule has 0 aliphatic carbocycles. The van der Waals surface area contributed by atoms with Crippen LogP contribution >= 0.6 is 0 Å². The van der Waals surface area contributed by atoms with Crippen molar-refractivity contribution >= 4 is 15.7 Å². The molecule has 1 rings (SSSR count). The van der Waals surface area contributed by atoms with Gasteiger partial charge in [0.05, 0.1) is 12.0 Å². The van der Waals surface area contributed by atoms with Crippen molar-refractivity contribution in [2.24, 2.45) is 5.14 Å². The number of rotatable bonds is 3. The molecule has 0 radical (unpaired) electrons. The molecule has 0 fully saturated rings. The molecule has 9 heteroatoms. The maximum absolute atomic E-state index is 13.1. The van der Waals surface area contributed by atoms with E-state index in [-0.39, 0.29) is 5.75 Å². The van der Waals surface area contributed by atoms with E-state index in [1.54, 1.807) is 0 Å². The molecule has 0 aliphatic heterocycles. The standard InChI is InChI=1S/C7H7FN2O5S/c1-15-6-2-4(8)5(10(11)12)3-7(6)16(9,13)14/h2-3H,1H3,(H2,9,13,14). The van der Waals surface area contributed by atoms with Gasteiger partial charge in [-0.25, -0.2) is 13.6 Å². The summed E-state index contributed by atoms with van der Waals surface area (Å²) < 4.78 is 39.8. The highest BCUT2D eigenvalue weighted by Crippen LogP contribution is 2.29. The number of nitrogens with zero attached hydrogens (tertiary/aromatic N) is 1. The quantitative estimate of drug-likeness (QED) is 0.615. The van der Waals surface area contributed by atoms with Crippen molar-refractivity contribution in [3.63, 3.8) is 0 Å². The minimum Gasteiger partial charge on any atom is -0.495 e. The molecule has 0 spiro atoms. The van der Waals surface area contributed by atoms with Crippen LogP contribution in [0.1, 0.15) is 0 Å². The number of halogens is 1. The SMILES string of the molecule is COc1cc(F)c([N+](=O)[O-])cc1S(N)(=O)=O. The summed E-state index contributed by atoms with van der Waals surface area (Å²) in [5, 5.41) is 15.2. The van der Waals surface area contributed by atoms with Crippen LogP contribution in [-0.4, -0.2) is 20.5 Å². The van der Waals surface area contributed by atoms with Crippen LogP contribution in [0.4, 0.5) is 10.1 Å². The largest absolute Gasteiger partial charge is 0.495 e. The fraction of sp³-hybridized carbons (Fsp3) is 0.143. The number of hydrogen-bond donors (Lipinski definition) is 1. The monoisotopic (exact) mass is 250 g/mol. The first kappa shape index (κ1) is 12.3. The summed E-state index contributed by atoms with van der Waals surface area (Å²) in [6, 6.07) is 1.11. The second kappa shape index (κ2) is 4.02. The Labute approximate surface area is 89.8 Å². The molecule has 1 aromatic rings. The minimum atomic E-state index is -4.21. The van der Waals surface area contributed by atoms with E-state index in [1.165, 1.54) is 0 Å². The van der Waals surface area contributed by atoms with Gasteiger partial charge in [0.15, 0.2) is 0 Å². The van der Waals surface area contributed by atoms with E-state index < -0.39 is 31.3 Å². The van der Waals surface area contributed by atoms with Gasteiger partial charge in [-0.3, -0.25) is 10.1 Å². The van der Waals surface area contributed by atoms with Crippen molar-refractivity contribution in [2.45, 2.75) is 4.90 Å². The van der Waals surface area contributed by atoms with Crippen molar-refractivity contribution in [1.29, 1.82) is 0 Å². The van der Waals surface area contributed by atoms with E-state index in [4.69, 9.17) is 5.14 Å². The van der Waals surface area contributed by atoms with Crippen molar-refractivity contribution < 1.29 is 22.5 Å². The third kappa shape index (κ3) is 2.25. The van der Waals surface area contributed by atoms with Gasteiger partial charge < -0.3 is 4.74 Å². The molecule has 0 aromatic heterocycles. The number of nitro benzene ring substituents is 1. The van der Waals surface area contributed by atoms with Gasteiger partial charge in [0.1, 0.15) is 10.6 Å². The number of methoxy groups -OCH3 is 1. The fourth-order valence-corrected chi connectivity index (χ4v) is 1.74. The number of primary sulfonamides is 1. The van der Waals surface area contributed by atoms with Gasteiger partial charge in [0.25, 0.3) is 0 Å². The zero-order valence-electron chi connectivity index (χ0n) is 8.01. The Hall–Kier alpha value is -1.74. The Bertz CT molecular complexity index is 542. The first-order valence-corrected chi connectivity index (χ1v) is 5.36. The first-order chi connectivity index (χ1) is 7.27. The molecule has 0 unspecified atom stereocenters. The lowest BCUT2D eigenvalue weighted by atomic mass is 10.3. The van der Waals surface area contributed by atoms with Gasteiger partial charge in [0, 0.05) is 12.1 Å². The number of ether oxygens (including phenoxy) is 1. The molecule has 1 aromatic carbocycles. The van der Waals surface area contributed by atoms with Crippen molar-refractivity contribution in [3.05, 3.63) is 28.1 Å². The number of nitro groups is 1. The third-order valence-electron chi connectivity index (χ3n) is 1.74. The summed E-state index contributed by atoms with van der Waals surface area (Å²) >= 11 is 0. The molecule has 0 atom stereocenters. The highest BCUT2D eigenvalue weighted by atomic mass is 32.2. The van der Waals surface area contributed by atoms with Crippen LogP contribution in [0.2, 0.25) is 0 Å². The van der Waals surface area contributed by atoms with Crippen LogP contribution in [0, 0.1) is 15.9 Å². The first-order valence-electron chi connectivity index (χ1n) is 3.82. The molecule has 16 heavy (non-hydrogen) atoms. The Morgan fingerprint density at radius 2 is 2.06 bits per heavy atom. The lowest BCUT2D eigenvalue weighted by molar-refractivity contribution is -0.387. The normalized spacial score (nSPS) is 11.2. The molecule has 2 N–H and O–H groups in total. The van der Waals surface area contributed by atoms with E-state index in [9.17, 15) is 22.9 Å². The Morgan fingerprint density at radius 3 is 2.44 bits per heavy atom. The number of benzene rings is 1. The molecule has 0 bridgehead atoms. The summed E-state index contributed by atoms with van der Waals surface area (Å²) in [6.07, 6.45) is 0. The summed E-state index contributed by atoms with van der Waals surface area (Å²) in [4.78, 5) is 8.70. The van der Waals surface area contributed by atoms with Crippen molar-refractivity contribution in [2.75, 3.05) is 7.11 Å². The van der Waals surface area contributed by atoms with Crippen LogP contribution in [0.15, 0.2) is 17.0 Å². The zero-order valence-corrected chi connectivity index (χ0v) is 8.82. The van der Waals surface area contributed by atoms with E-state index in [0.29, 0.717) is 12.1 Å². The summed E-state index contributed by atoms with van der Waals surface area (Å²) in [5.74, 6) is -1.58. The van der Waals surface area contributed by atoms with E-state index >= 15 is 0 Å². The Morgan fingerprint density at radius 1 is 1.50 bits per heavy atom. The van der Waals surface area contributed by atoms with Crippen LogP contribution in [-0.2, 0) is 10.0 Å². The smallest absolute Gasteiger partial charge is 0.306 e. The molecule has 0 saturated heterocycles. The lowest BCUT2D eigenvalue weighted by Gasteiger charge is -2.06. The van der Waals surface area contributed by atoms with Crippen LogP contribution in [0.25, 0.3) is 0 Å². The topological polar surface area (TPSA) is 113 Å². The number of nitrogens with two attached hydrogens (primary N) is 1. The molecule has 0 aliphatic rings. The molecule has 0 amide bonds. The second-order valence-corrected chi connectivity index (χ2v) is 4.29. The van der Waals surface area contributed by atoms with E-state index in [2.05, 4.69) is 4.74 Å². The molecular weight excluding hydrogens is 243 g/mol. The van der Waals surface area contributed by atoms with Crippen LogP contribution in [0.5, 0.6) is 5.75 Å². The van der Waals surface area contributed by atoms with Gasteiger partial charge in [-0.05, 0) is 0 Å². The molecular formula is C7H7FN2O5S. The fourth-order valence-electron chi connectivity index (χ4n) is 1.05. The predicted octanol–water partition coefficient (Wildman–Crippen LogP) is 0.390. The van der Waals surface area contributed by atoms with E-state index in [0.717, 1.165) is 7.11 Å². The average molecular weight is 250 g/mol. The predicted molar refractivity (Wildman–Crippen MR) is 51.0 cm³/mol. The number of hydrogen-bond acceptors (Lipinski definition) is 5. The average Bonchev–Trinajstić information content (AvgIpc) is 2.14. The van der Waals surface area contributed by atoms with Crippen LogP contribution in [0.3, 0.4) is 0 Å². The second-order valence-electron chi connectivity index (χ2n) is 2.76. The Balaban J connectivity index is 3.60. The molecule has 7 nitrogen and oxygen atoms in total. The lowest BCUT2D eigenvalue weighted by Crippen LogP contribution is -2.14. The van der Waals surface area contributed by atoms with Gasteiger partial charge >= 0.3 is 5.69 Å². The summed E-state index contributed by atoms with van der Waals surface area (Å²) in [7, 11) is -3.12. The zero-order chi connectivity index (χ0) is 12.5. The van der Waals surface area contributed by atoms with Gasteiger partial charge in [-0.15, -0.1) is 0 Å². The maximum atomic E-state index is 13.1. The summed E-state index contributed by atoms with van der Waals surface area (Å²) in [5.41, 5.74) is -0.982. The summed E-state index contributed by atoms with van der Waals surface area (Å²) in [6.45, 7) is 0. The minimum absolute atomic E-state index is 0.384. The van der Waals surface area contributed by atoms with Gasteiger partial charge in [0.2, 0.25) is 15.8 Å². The Kier molecular flexibility index (Phi) is 3.10. The van der Waals surface area contributed by atoms with Crippen molar-refractivity contribution in [1.82, 2.24) is 0 Å². The maximum Gasteiger partial charge on any atom is 0.306 e. The molecule has 0 saturated carbocycles.